The van der Waals surface area contributed by atoms with Crippen LogP contribution in [0, 0.1) is 0 Å². The number of hydrogen-bond acceptors (Lipinski definition) is 7. The third-order valence-corrected chi connectivity index (χ3v) is 7.40. The molecule has 1 unspecified atom stereocenters. The van der Waals surface area contributed by atoms with Crippen molar-refractivity contribution in [2.45, 2.75) is 19.1 Å². The van der Waals surface area contributed by atoms with E-state index in [4.69, 9.17) is 17.3 Å². The normalized spacial score (nSPS) is 17.4. The Labute approximate surface area is 201 Å². The van der Waals surface area contributed by atoms with E-state index in [9.17, 15) is 4.79 Å². The van der Waals surface area contributed by atoms with Gasteiger partial charge in [0, 0.05) is 52.9 Å². The molecule has 2 aromatic carbocycles. The second-order valence-electron chi connectivity index (χ2n) is 8.30. The number of aldehydes is 1. The average molecular weight is 478 g/mol. The summed E-state index contributed by atoms with van der Waals surface area (Å²) in [4.78, 5) is 27.4. The van der Waals surface area contributed by atoms with Crippen molar-refractivity contribution in [1.29, 1.82) is 0 Å². The molecule has 5 rings (SSSR count). The van der Waals surface area contributed by atoms with Crippen molar-refractivity contribution in [2.24, 2.45) is 0 Å². The fourth-order valence-electron chi connectivity index (χ4n) is 4.31. The summed E-state index contributed by atoms with van der Waals surface area (Å²) >= 11 is 7.92. The second-order valence-corrected chi connectivity index (χ2v) is 9.90. The number of anilines is 1. The molecule has 8 heteroatoms. The summed E-state index contributed by atoms with van der Waals surface area (Å²) in [5, 5.41) is 1.60. The van der Waals surface area contributed by atoms with Gasteiger partial charge < -0.3 is 10.5 Å². The molecule has 2 N–H and O–H groups in total. The van der Waals surface area contributed by atoms with Gasteiger partial charge in [0.1, 0.15) is 18.4 Å². The number of halogens is 1. The number of benzene rings is 2. The molecule has 0 radical (unpaired) electrons. The number of fused-ring (bicyclic) bond motifs is 1. The maximum atomic E-state index is 11.9. The van der Waals surface area contributed by atoms with Gasteiger partial charge in [-0.25, -0.2) is 9.97 Å². The highest BCUT2D eigenvalue weighted by Crippen LogP contribution is 2.31. The molecule has 1 aliphatic heterocycles. The molecule has 2 aromatic heterocycles. The highest BCUT2D eigenvalue weighted by molar-refractivity contribution is 7.15. The summed E-state index contributed by atoms with van der Waals surface area (Å²) in [6, 6.07) is 18.1. The number of nitrogens with zero attached hydrogens (tertiary/aromatic N) is 4. The first-order valence-electron chi connectivity index (χ1n) is 10.8. The van der Waals surface area contributed by atoms with Crippen LogP contribution in [0.4, 0.5) is 5.82 Å². The first-order chi connectivity index (χ1) is 16.1. The highest BCUT2D eigenvalue weighted by Gasteiger charge is 2.27. The lowest BCUT2D eigenvalue weighted by atomic mass is 10.1. The minimum Gasteiger partial charge on any atom is -0.383 e. The Hall–Kier alpha value is -2.84. The number of piperazine rings is 1. The third-order valence-electron chi connectivity index (χ3n) is 6.04. The molecule has 168 valence electrons. The molecule has 6 nitrogen and oxygen atoms in total. The summed E-state index contributed by atoms with van der Waals surface area (Å²) in [7, 11) is 0. The van der Waals surface area contributed by atoms with Crippen LogP contribution < -0.4 is 5.73 Å². The van der Waals surface area contributed by atoms with Gasteiger partial charge in [0.15, 0.2) is 0 Å². The predicted octanol–water partition coefficient (Wildman–Crippen LogP) is 4.48. The van der Waals surface area contributed by atoms with Crippen molar-refractivity contribution < 1.29 is 4.79 Å². The van der Waals surface area contributed by atoms with E-state index in [-0.39, 0.29) is 6.04 Å². The molecular formula is C25H24ClN5OS. The van der Waals surface area contributed by atoms with Crippen molar-refractivity contribution in [1.82, 2.24) is 19.8 Å². The van der Waals surface area contributed by atoms with Crippen LogP contribution in [0.1, 0.15) is 10.4 Å². The number of nitrogens with two attached hydrogens (primary N) is 1. The second kappa shape index (κ2) is 9.57. The predicted molar refractivity (Wildman–Crippen MR) is 134 cm³/mol. The Morgan fingerprint density at radius 3 is 2.85 bits per heavy atom. The summed E-state index contributed by atoms with van der Waals surface area (Å²) < 4.78 is 0. The number of thiophene rings is 1. The lowest BCUT2D eigenvalue weighted by molar-refractivity contribution is -0.115. The Bertz CT molecular complexity index is 1290. The molecule has 33 heavy (non-hydrogen) atoms. The molecule has 0 bridgehead atoms. The van der Waals surface area contributed by atoms with E-state index in [1.807, 2.05) is 36.4 Å². The van der Waals surface area contributed by atoms with E-state index in [2.05, 4.69) is 38.0 Å². The largest absolute Gasteiger partial charge is 0.383 e. The van der Waals surface area contributed by atoms with Crippen LogP contribution in [0.3, 0.4) is 0 Å². The summed E-state index contributed by atoms with van der Waals surface area (Å²) in [6.45, 7) is 4.01. The maximum absolute atomic E-state index is 11.9. The van der Waals surface area contributed by atoms with Gasteiger partial charge in [-0.2, -0.15) is 0 Å². The first kappa shape index (κ1) is 22.0. The van der Waals surface area contributed by atoms with Crippen molar-refractivity contribution >= 4 is 45.9 Å². The smallest absolute Gasteiger partial charge is 0.138 e. The monoisotopic (exact) mass is 477 g/mol. The number of carbonyl (C=O) groups excluding carboxylic acids is 1. The van der Waals surface area contributed by atoms with Crippen LogP contribution >= 0.6 is 22.9 Å². The third kappa shape index (κ3) is 4.91. The Kier molecular flexibility index (Phi) is 6.37. The molecule has 4 aromatic rings. The van der Waals surface area contributed by atoms with E-state index < -0.39 is 0 Å². The van der Waals surface area contributed by atoms with Gasteiger partial charge in [0.2, 0.25) is 0 Å². The standard InChI is InChI=1S/C25H24ClN5OS/c26-19-3-1-2-18(11-19)24-7-5-21(33-24)14-30-8-9-31(20(13-30)15-32)12-17-4-6-22-23(10-17)28-16-29-25(22)27/h1-7,10-11,15-16,20H,8-9,12-14H2,(H2,27,28,29). The first-order valence-corrected chi connectivity index (χ1v) is 12.0. The van der Waals surface area contributed by atoms with Crippen LogP contribution in [-0.2, 0) is 17.9 Å². The van der Waals surface area contributed by atoms with Gasteiger partial charge in [-0.05, 0) is 47.5 Å². The number of nitrogen functional groups attached to an aromatic ring is 1. The van der Waals surface area contributed by atoms with E-state index >= 15 is 0 Å². The summed E-state index contributed by atoms with van der Waals surface area (Å²) in [5.74, 6) is 0.484. The van der Waals surface area contributed by atoms with Gasteiger partial charge in [-0.3, -0.25) is 9.80 Å². The van der Waals surface area contributed by atoms with Crippen molar-refractivity contribution in [3.63, 3.8) is 0 Å². The molecule has 1 aliphatic rings. The molecule has 1 saturated heterocycles. The summed E-state index contributed by atoms with van der Waals surface area (Å²) in [5.41, 5.74) is 9.02. The zero-order valence-electron chi connectivity index (χ0n) is 18.0. The van der Waals surface area contributed by atoms with Gasteiger partial charge in [-0.1, -0.05) is 29.8 Å². The highest BCUT2D eigenvalue weighted by atomic mass is 35.5. The fraction of sp³-hybridized carbons (Fsp3) is 0.240. The molecule has 1 atom stereocenters. The topological polar surface area (TPSA) is 75.3 Å². The van der Waals surface area contributed by atoms with Crippen molar-refractivity contribution in [3.05, 3.63) is 76.4 Å². The lowest BCUT2D eigenvalue weighted by Gasteiger charge is -2.38. The number of hydrogen-bond donors (Lipinski definition) is 1. The number of carbonyl (C=O) groups is 1. The van der Waals surface area contributed by atoms with Crippen molar-refractivity contribution in [3.8, 4) is 10.4 Å². The lowest BCUT2D eigenvalue weighted by Crippen LogP contribution is -2.52. The maximum Gasteiger partial charge on any atom is 0.138 e. The molecule has 3 heterocycles. The van der Waals surface area contributed by atoms with E-state index in [1.54, 1.807) is 11.3 Å². The number of aromatic nitrogens is 2. The van der Waals surface area contributed by atoms with Crippen molar-refractivity contribution in [2.75, 3.05) is 25.4 Å². The molecule has 1 fully saturated rings. The van der Waals surface area contributed by atoms with Crippen LogP contribution in [0.15, 0.2) is 60.9 Å². The van der Waals surface area contributed by atoms with E-state index in [0.29, 0.717) is 12.4 Å². The molecule has 0 amide bonds. The van der Waals surface area contributed by atoms with E-state index in [0.717, 1.165) is 59.5 Å². The van der Waals surface area contributed by atoms with Gasteiger partial charge in [0.05, 0.1) is 11.6 Å². The van der Waals surface area contributed by atoms with Crippen LogP contribution in [0.5, 0.6) is 0 Å². The average Bonchev–Trinajstić information content (AvgIpc) is 3.29. The van der Waals surface area contributed by atoms with Crippen LogP contribution in [-0.4, -0.2) is 51.7 Å². The van der Waals surface area contributed by atoms with Crippen LogP contribution in [0.2, 0.25) is 5.02 Å². The fourth-order valence-corrected chi connectivity index (χ4v) is 5.55. The SMILES string of the molecule is Nc1ncnc2cc(CN3CCN(Cc4ccc(-c5cccc(Cl)c5)s4)CC3C=O)ccc12. The Morgan fingerprint density at radius 1 is 1.09 bits per heavy atom. The minimum absolute atomic E-state index is 0.141. The number of rotatable bonds is 6. The van der Waals surface area contributed by atoms with Gasteiger partial charge >= 0.3 is 0 Å². The van der Waals surface area contributed by atoms with Gasteiger partial charge in [0.25, 0.3) is 0 Å². The Balaban J connectivity index is 1.24. The zero-order chi connectivity index (χ0) is 22.8. The molecule has 0 spiro atoms. The molecule has 0 aliphatic carbocycles. The Morgan fingerprint density at radius 2 is 2.00 bits per heavy atom. The molecular weight excluding hydrogens is 454 g/mol. The minimum atomic E-state index is -0.141. The zero-order valence-corrected chi connectivity index (χ0v) is 19.6. The quantitative estimate of drug-likeness (QED) is 0.413. The summed E-state index contributed by atoms with van der Waals surface area (Å²) in [6.07, 6.45) is 2.55. The van der Waals surface area contributed by atoms with E-state index in [1.165, 1.54) is 16.1 Å². The van der Waals surface area contributed by atoms with Gasteiger partial charge in [-0.15, -0.1) is 11.3 Å². The van der Waals surface area contributed by atoms with Crippen LogP contribution in [0.25, 0.3) is 21.3 Å². The molecule has 0 saturated carbocycles.